The molecule has 72 heavy (non-hydrogen) atoms. The zero-order valence-electron chi connectivity index (χ0n) is 46.2. The number of rotatable bonds is 34. The fourth-order valence-electron chi connectivity index (χ4n) is 12.1. The van der Waals surface area contributed by atoms with E-state index < -0.39 is 8.07 Å². The molecule has 1 unspecified atom stereocenters. The van der Waals surface area contributed by atoms with Crippen LogP contribution in [0.5, 0.6) is 0 Å². The minimum Gasteiger partial charge on any atom is -1.00 e. The SMILES string of the molecule is CCCCCCc1cc(CCCCCC)cc([Si](c2cc(CCCCCC)cc(CCCCCC)c2)(c2cc(CCCCCC)cc(CCCCCC)c2)C2c3ccccc3-c3ccc[c]([Ti+3])c32)c1.[Cl-].[Cl-].[Cl-]. The first-order valence-electron chi connectivity index (χ1n) is 29.2. The molecular weight excluding hydrogens is 987 g/mol. The number of fused-ring (bicyclic) bond motifs is 3. The average Bonchev–Trinajstić information content (AvgIpc) is 3.70. The van der Waals surface area contributed by atoms with Crippen molar-refractivity contribution in [3.05, 3.63) is 142 Å². The standard InChI is InChI=1S/C67H95Si.3ClH.Ti/c1-7-13-19-25-35-54-45-55(36-26-20-14-8-2)49-60(48-54)68(67-65-43-33-31-41-63(65)64-42-32-34-44-66(64)67,61-50-56(37-27-21-15-9-3)46-57(51-61)38-28-22-16-10-4)62-52-58(39-29-23-17-11-5)47-59(53-62)40-30-24-18-12-6;;;;/h31-34,41-43,45-53,67H,7-30,35-40H2,1-6H3;3*1H;/q;;;;+3/p-3. The quantitative estimate of drug-likeness (QED) is 0.0221. The van der Waals surface area contributed by atoms with E-state index in [4.69, 9.17) is 0 Å². The fraction of sp³-hybridized carbons (Fsp3) is 0.552. The van der Waals surface area contributed by atoms with Gasteiger partial charge in [-0.05, 0) is 0 Å². The van der Waals surface area contributed by atoms with E-state index in [1.54, 1.807) is 60.1 Å². The van der Waals surface area contributed by atoms with Crippen molar-refractivity contribution >= 4 is 27.5 Å². The Morgan fingerprint density at radius 2 is 0.625 bits per heavy atom. The topological polar surface area (TPSA) is 0 Å². The van der Waals surface area contributed by atoms with E-state index in [0.29, 0.717) is 0 Å². The van der Waals surface area contributed by atoms with E-state index in [9.17, 15) is 0 Å². The van der Waals surface area contributed by atoms with Gasteiger partial charge in [-0.3, -0.25) is 0 Å². The molecule has 0 amide bonds. The molecule has 5 aromatic carbocycles. The van der Waals surface area contributed by atoms with Crippen LogP contribution in [0.1, 0.15) is 246 Å². The van der Waals surface area contributed by atoms with Crippen LogP contribution in [0.4, 0.5) is 0 Å². The summed E-state index contributed by atoms with van der Waals surface area (Å²) in [5, 5.41) is 5.03. The molecule has 5 heteroatoms. The van der Waals surface area contributed by atoms with Gasteiger partial charge in [-0.2, -0.15) is 0 Å². The van der Waals surface area contributed by atoms with E-state index in [2.05, 4.69) is 159 Å². The first-order chi connectivity index (χ1) is 33.9. The van der Waals surface area contributed by atoms with Crippen molar-refractivity contribution in [1.82, 2.24) is 0 Å². The third kappa shape index (κ3) is 17.7. The van der Waals surface area contributed by atoms with Crippen LogP contribution in [-0.2, 0) is 59.0 Å². The van der Waals surface area contributed by atoms with Crippen molar-refractivity contribution in [1.29, 1.82) is 0 Å². The summed E-state index contributed by atoms with van der Waals surface area (Å²) in [6.45, 7) is 14.2. The Kier molecular flexibility index (Phi) is 31.4. The van der Waals surface area contributed by atoms with Gasteiger partial charge in [0.15, 0.2) is 0 Å². The summed E-state index contributed by atoms with van der Waals surface area (Å²) in [6, 6.07) is 42.0. The number of benzene rings is 5. The van der Waals surface area contributed by atoms with Gasteiger partial charge >= 0.3 is 399 Å². The van der Waals surface area contributed by atoms with Crippen LogP contribution in [-0.4, -0.2) is 8.07 Å². The van der Waals surface area contributed by atoms with Crippen LogP contribution in [0, 0.1) is 0 Å². The van der Waals surface area contributed by atoms with Crippen molar-refractivity contribution in [2.75, 3.05) is 0 Å². The van der Waals surface area contributed by atoms with Gasteiger partial charge in [-0.1, -0.05) is 41.5 Å². The first-order valence-corrected chi connectivity index (χ1v) is 32.1. The van der Waals surface area contributed by atoms with E-state index in [0.717, 1.165) is 0 Å². The van der Waals surface area contributed by atoms with Gasteiger partial charge in [-0.15, -0.1) is 0 Å². The van der Waals surface area contributed by atoms with Crippen LogP contribution in [0.2, 0.25) is 0 Å². The van der Waals surface area contributed by atoms with Gasteiger partial charge in [-0.25, -0.2) is 0 Å². The molecule has 0 fully saturated rings. The molecule has 0 aromatic heterocycles. The molecule has 1 aliphatic rings. The Labute approximate surface area is 474 Å². The molecule has 1 aliphatic carbocycles. The van der Waals surface area contributed by atoms with Gasteiger partial charge in [0, 0.05) is 0 Å². The van der Waals surface area contributed by atoms with Gasteiger partial charge in [0.05, 0.1) is 0 Å². The molecule has 0 spiro atoms. The van der Waals surface area contributed by atoms with Gasteiger partial charge in [0.25, 0.3) is 0 Å². The molecule has 0 saturated carbocycles. The van der Waals surface area contributed by atoms with Gasteiger partial charge < -0.3 is 37.2 Å². The van der Waals surface area contributed by atoms with Crippen LogP contribution in [0.25, 0.3) is 11.1 Å². The van der Waals surface area contributed by atoms with Crippen molar-refractivity contribution in [3.63, 3.8) is 0 Å². The van der Waals surface area contributed by atoms with Crippen LogP contribution in [0.15, 0.2) is 97.1 Å². The summed E-state index contributed by atoms with van der Waals surface area (Å²) in [5.41, 5.74) is 15.9. The Bertz CT molecular complexity index is 2020. The molecule has 6 rings (SSSR count). The maximum Gasteiger partial charge on any atom is -1.00 e. The van der Waals surface area contributed by atoms with Crippen molar-refractivity contribution < 1.29 is 57.7 Å². The zero-order valence-corrected chi connectivity index (χ0v) is 51.0. The van der Waals surface area contributed by atoms with E-state index >= 15 is 0 Å². The third-order valence-corrected chi connectivity index (χ3v) is 21.6. The minimum absolute atomic E-state index is 0. The van der Waals surface area contributed by atoms with E-state index in [1.807, 2.05) is 0 Å². The van der Waals surface area contributed by atoms with Crippen molar-refractivity contribution in [3.8, 4) is 11.1 Å². The summed E-state index contributed by atoms with van der Waals surface area (Å²) >= 11 is 2.45. The predicted octanol–water partition coefficient (Wildman–Crippen LogP) is 8.43. The van der Waals surface area contributed by atoms with Gasteiger partial charge in [0.1, 0.15) is 0 Å². The Morgan fingerprint density at radius 1 is 0.333 bits per heavy atom. The molecule has 0 nitrogen and oxygen atoms in total. The van der Waals surface area contributed by atoms with E-state index in [-0.39, 0.29) is 42.8 Å². The third-order valence-electron chi connectivity index (χ3n) is 15.8. The summed E-state index contributed by atoms with van der Waals surface area (Å²) in [6.07, 6.45) is 38.3. The number of aryl methyl sites for hydroxylation is 6. The Morgan fingerprint density at radius 3 is 0.931 bits per heavy atom. The molecule has 0 radical (unpaired) electrons. The second-order valence-electron chi connectivity index (χ2n) is 21.6. The maximum absolute atomic E-state index is 3.04. The zero-order chi connectivity index (χ0) is 48.7. The number of halogens is 3. The molecule has 392 valence electrons. The number of unbranched alkanes of at least 4 members (excludes halogenated alkanes) is 18. The Balaban J connectivity index is 0.00000456. The average molecular weight is 1080 g/mol. The number of hydrogen-bond donors (Lipinski definition) is 0. The molecule has 5 aromatic rings. The molecule has 0 heterocycles. The smallest absolute Gasteiger partial charge is 1.00 e. The molecule has 0 N–H and O–H groups in total. The fourth-order valence-corrected chi connectivity index (χ4v) is 18.8. The molecule has 0 bridgehead atoms. The molecule has 1 atom stereocenters. The minimum atomic E-state index is -3.04. The van der Waals surface area contributed by atoms with Gasteiger partial charge in [0.2, 0.25) is 0 Å². The second-order valence-corrected chi connectivity index (χ2v) is 26.3. The van der Waals surface area contributed by atoms with Crippen LogP contribution < -0.4 is 56.6 Å². The largest absolute Gasteiger partial charge is 1.00 e. The van der Waals surface area contributed by atoms with Crippen molar-refractivity contribution in [2.24, 2.45) is 0 Å². The maximum atomic E-state index is 2.83. The number of hydrogen-bond acceptors (Lipinski definition) is 0. The molecular formula is C67H95Cl3SiTi. The summed E-state index contributed by atoms with van der Waals surface area (Å²) < 4.78 is 1.46. The monoisotopic (exact) mass is 1080 g/mol. The summed E-state index contributed by atoms with van der Waals surface area (Å²) in [4.78, 5) is 0. The van der Waals surface area contributed by atoms with Crippen molar-refractivity contribution in [2.45, 2.75) is 240 Å². The predicted molar refractivity (Wildman–Crippen MR) is 304 cm³/mol. The van der Waals surface area contributed by atoms with E-state index in [1.165, 1.54) is 208 Å². The summed E-state index contributed by atoms with van der Waals surface area (Å²) in [7, 11) is -3.04. The summed E-state index contributed by atoms with van der Waals surface area (Å²) in [5.74, 6) is 0. The van der Waals surface area contributed by atoms with Crippen LogP contribution >= 0.6 is 0 Å². The van der Waals surface area contributed by atoms with Crippen LogP contribution in [0.3, 0.4) is 0 Å². The molecule has 0 saturated heterocycles. The Hall–Kier alpha value is -2.10. The first kappa shape index (κ1) is 64.2. The molecule has 0 aliphatic heterocycles. The normalized spacial score (nSPS) is 12.8. The second kappa shape index (κ2) is 35.3.